The predicted molar refractivity (Wildman–Crippen MR) is 167 cm³/mol. The number of phenols is 1. The highest BCUT2D eigenvalue weighted by molar-refractivity contribution is 6.35. The zero-order chi connectivity index (χ0) is 30.2. The fourth-order valence-electron chi connectivity index (χ4n) is 8.15. The van der Waals surface area contributed by atoms with Gasteiger partial charge in [-0.3, -0.25) is 4.90 Å². The molecule has 2 unspecified atom stereocenters. The highest BCUT2D eigenvalue weighted by Gasteiger charge is 2.49. The summed E-state index contributed by atoms with van der Waals surface area (Å²) in [7, 11) is 0. The summed E-state index contributed by atoms with van der Waals surface area (Å²) in [5.74, 6) is -0.152. The van der Waals surface area contributed by atoms with Crippen LogP contribution < -0.4 is 15.0 Å². The molecule has 0 aliphatic carbocycles. The number of hydrogen-bond acceptors (Lipinski definition) is 8. The van der Waals surface area contributed by atoms with Crippen LogP contribution in [-0.4, -0.2) is 81.5 Å². The molecule has 4 fully saturated rings. The Bertz CT molecular complexity index is 1780. The summed E-state index contributed by atoms with van der Waals surface area (Å²) in [5.41, 5.74) is 1.08. The van der Waals surface area contributed by atoms with Gasteiger partial charge in [-0.15, -0.1) is 0 Å². The predicted octanol–water partition coefficient (Wildman–Crippen LogP) is 5.80. The van der Waals surface area contributed by atoms with Crippen molar-refractivity contribution in [1.82, 2.24) is 25.2 Å². The highest BCUT2D eigenvalue weighted by Crippen LogP contribution is 2.43. The number of aromatic nitrogens is 3. The molecule has 8 rings (SSSR count). The number of aromatic hydroxyl groups is 1. The van der Waals surface area contributed by atoms with Crippen molar-refractivity contribution in [2.45, 2.75) is 69.2 Å². The van der Waals surface area contributed by atoms with E-state index in [0.717, 1.165) is 48.6 Å². The number of alkyl halides is 1. The van der Waals surface area contributed by atoms with E-state index in [2.05, 4.69) is 25.1 Å². The van der Waals surface area contributed by atoms with Crippen LogP contribution in [0, 0.1) is 5.82 Å². The number of hydrogen-bond donors (Lipinski definition) is 2. The second kappa shape index (κ2) is 10.6. The van der Waals surface area contributed by atoms with E-state index in [1.807, 2.05) is 25.1 Å². The van der Waals surface area contributed by atoms with E-state index in [0.29, 0.717) is 61.3 Å². The molecule has 0 radical (unpaired) electrons. The number of rotatable bonds is 6. The Hall–Kier alpha value is -3.34. The fraction of sp³-hybridized carbons (Fsp3) is 0.485. The van der Waals surface area contributed by atoms with Gasteiger partial charge in [-0.05, 0) is 67.1 Å². The molecule has 2 aromatic heterocycles. The van der Waals surface area contributed by atoms with Crippen LogP contribution in [0.2, 0.25) is 5.15 Å². The molecule has 4 saturated heterocycles. The Morgan fingerprint density at radius 2 is 1.93 bits per heavy atom. The topological polar surface area (TPSA) is 86.6 Å². The second-order valence-corrected chi connectivity index (χ2v) is 13.2. The molecule has 44 heavy (non-hydrogen) atoms. The third-order valence-electron chi connectivity index (χ3n) is 10.1. The molecule has 11 heteroatoms. The van der Waals surface area contributed by atoms with Crippen LogP contribution in [0.3, 0.4) is 0 Å². The third kappa shape index (κ3) is 4.56. The lowest BCUT2D eigenvalue weighted by molar-refractivity contribution is 0.107. The molecule has 0 saturated carbocycles. The van der Waals surface area contributed by atoms with Gasteiger partial charge in [0.15, 0.2) is 5.82 Å². The molecule has 8 nitrogen and oxygen atoms in total. The Balaban J connectivity index is 1.29. The minimum absolute atomic E-state index is 0.00460. The van der Waals surface area contributed by atoms with Crippen LogP contribution in [-0.2, 0) is 6.42 Å². The summed E-state index contributed by atoms with van der Waals surface area (Å²) in [6.45, 7) is 4.91. The minimum Gasteiger partial charge on any atom is -0.508 e. The average molecular weight is 621 g/mol. The van der Waals surface area contributed by atoms with Gasteiger partial charge in [-0.2, -0.15) is 9.97 Å². The van der Waals surface area contributed by atoms with Crippen molar-refractivity contribution in [3.63, 3.8) is 0 Å². The first kappa shape index (κ1) is 28.2. The van der Waals surface area contributed by atoms with Crippen molar-refractivity contribution in [3.05, 3.63) is 46.9 Å². The zero-order valence-corrected chi connectivity index (χ0v) is 25.4. The SMILES string of the molecule is CCc1cccc2cc(O)cc(-c3nc(Cl)c4c(N5CC6CCC(C5)N6)nc(OC[C@@]56CCCN5C[C@H](F)C6)nc4c3F)c12. The molecule has 4 atom stereocenters. The standard InChI is InChI=1S/C33H35ClF2N6O2/c1-2-18-5-3-6-19-11-23(43)12-24(25(18)19)28-27(36)29-26(30(34)38-28)31(41-15-21-7-8-22(16-41)37-21)40-32(39-29)44-17-33-9-4-10-42(33)14-20(35)13-33/h3,5-6,11-12,20-22,37,43H,2,4,7-10,13-17H2,1H3/t20-,21?,22?,33+/m1/s1. The number of phenolic OH excluding ortho intramolecular Hbond substituents is 1. The fourth-order valence-corrected chi connectivity index (χ4v) is 8.41. The quantitative estimate of drug-likeness (QED) is 0.262. The van der Waals surface area contributed by atoms with Crippen molar-refractivity contribution in [1.29, 1.82) is 0 Å². The van der Waals surface area contributed by atoms with E-state index in [1.165, 1.54) is 6.07 Å². The Morgan fingerprint density at radius 3 is 2.73 bits per heavy atom. The molecule has 4 aromatic rings. The lowest BCUT2D eigenvalue weighted by atomic mass is 9.95. The molecular formula is C33H35ClF2N6O2. The van der Waals surface area contributed by atoms with E-state index in [1.54, 1.807) is 6.07 Å². The number of nitrogens with zero attached hydrogens (tertiary/aromatic N) is 5. The average Bonchev–Trinajstić information content (AvgIpc) is 3.66. The van der Waals surface area contributed by atoms with Crippen molar-refractivity contribution in [3.8, 4) is 23.0 Å². The lowest BCUT2D eigenvalue weighted by Crippen LogP contribution is -2.51. The number of anilines is 1. The van der Waals surface area contributed by atoms with Crippen LogP contribution in [0.1, 0.15) is 44.6 Å². The number of nitrogens with one attached hydrogen (secondary N) is 1. The van der Waals surface area contributed by atoms with Gasteiger partial charge < -0.3 is 20.1 Å². The number of piperazine rings is 1. The van der Waals surface area contributed by atoms with Crippen LogP contribution in [0.4, 0.5) is 14.6 Å². The Morgan fingerprint density at radius 1 is 1.11 bits per heavy atom. The molecule has 4 aliphatic rings. The van der Waals surface area contributed by atoms with Gasteiger partial charge in [-0.25, -0.2) is 13.8 Å². The first-order chi connectivity index (χ1) is 21.3. The summed E-state index contributed by atoms with van der Waals surface area (Å²) >= 11 is 6.93. The number of pyridine rings is 1. The van der Waals surface area contributed by atoms with Crippen LogP contribution >= 0.6 is 11.6 Å². The van der Waals surface area contributed by atoms with E-state index < -0.39 is 17.5 Å². The van der Waals surface area contributed by atoms with Gasteiger partial charge in [0.2, 0.25) is 0 Å². The summed E-state index contributed by atoms with van der Waals surface area (Å²) in [4.78, 5) is 18.4. The maximum Gasteiger partial charge on any atom is 0.319 e. The summed E-state index contributed by atoms with van der Waals surface area (Å²) in [6.07, 6.45) is 4.18. The van der Waals surface area contributed by atoms with Gasteiger partial charge in [0, 0.05) is 43.7 Å². The molecule has 2 N–H and O–H groups in total. The maximum atomic E-state index is 16.9. The zero-order valence-electron chi connectivity index (χ0n) is 24.6. The lowest BCUT2D eigenvalue weighted by Gasteiger charge is -2.34. The Labute approximate surface area is 259 Å². The van der Waals surface area contributed by atoms with E-state index in [-0.39, 0.29) is 34.7 Å². The van der Waals surface area contributed by atoms with Crippen LogP contribution in [0.15, 0.2) is 30.3 Å². The van der Waals surface area contributed by atoms with Crippen molar-refractivity contribution >= 4 is 39.1 Å². The van der Waals surface area contributed by atoms with Gasteiger partial charge in [-0.1, -0.05) is 36.7 Å². The molecular weight excluding hydrogens is 586 g/mol. The third-order valence-corrected chi connectivity index (χ3v) is 10.4. The smallest absolute Gasteiger partial charge is 0.319 e. The monoisotopic (exact) mass is 620 g/mol. The van der Waals surface area contributed by atoms with E-state index in [4.69, 9.17) is 21.3 Å². The van der Waals surface area contributed by atoms with Crippen LogP contribution in [0.5, 0.6) is 11.8 Å². The first-order valence-corrected chi connectivity index (χ1v) is 16.0. The van der Waals surface area contributed by atoms with Crippen LogP contribution in [0.25, 0.3) is 32.9 Å². The molecule has 2 bridgehead atoms. The van der Waals surface area contributed by atoms with E-state index >= 15 is 4.39 Å². The maximum absolute atomic E-state index is 16.9. The van der Waals surface area contributed by atoms with Crippen molar-refractivity contribution in [2.24, 2.45) is 0 Å². The highest BCUT2D eigenvalue weighted by atomic mass is 35.5. The number of fused-ring (bicyclic) bond motifs is 5. The van der Waals surface area contributed by atoms with Gasteiger partial charge >= 0.3 is 6.01 Å². The first-order valence-electron chi connectivity index (χ1n) is 15.7. The summed E-state index contributed by atoms with van der Waals surface area (Å²) < 4.78 is 37.6. The summed E-state index contributed by atoms with van der Waals surface area (Å²) in [6, 6.07) is 9.65. The van der Waals surface area contributed by atoms with Gasteiger partial charge in [0.25, 0.3) is 0 Å². The van der Waals surface area contributed by atoms with Crippen molar-refractivity contribution in [2.75, 3.05) is 37.7 Å². The Kier molecular flexibility index (Phi) is 6.80. The normalized spacial score (nSPS) is 26.6. The molecule has 230 valence electrons. The molecule has 6 heterocycles. The minimum atomic E-state index is -0.890. The second-order valence-electron chi connectivity index (χ2n) is 12.9. The number of ether oxygens (including phenoxy) is 1. The largest absolute Gasteiger partial charge is 0.508 e. The van der Waals surface area contributed by atoms with Crippen molar-refractivity contribution < 1.29 is 18.6 Å². The molecule has 4 aliphatic heterocycles. The number of aryl methyl sites for hydroxylation is 1. The van der Waals surface area contributed by atoms with Gasteiger partial charge in [0.1, 0.15) is 40.7 Å². The molecule has 2 aromatic carbocycles. The van der Waals surface area contributed by atoms with Gasteiger partial charge in [0.05, 0.1) is 10.9 Å². The molecule has 0 spiro atoms. The summed E-state index contributed by atoms with van der Waals surface area (Å²) in [5, 5.41) is 16.3. The van der Waals surface area contributed by atoms with E-state index in [9.17, 15) is 9.50 Å². The number of halogens is 3. The molecule has 0 amide bonds. The number of benzene rings is 2.